The maximum Gasteiger partial charge on any atom is 0.330 e. The zero-order chi connectivity index (χ0) is 18.9. The van der Waals surface area contributed by atoms with Gasteiger partial charge >= 0.3 is 5.97 Å². The van der Waals surface area contributed by atoms with Crippen molar-refractivity contribution in [2.45, 2.75) is 27.7 Å². The highest BCUT2D eigenvalue weighted by atomic mass is 16.5. The zero-order valence-electron chi connectivity index (χ0n) is 15.2. The third kappa shape index (κ3) is 3.07. The predicted molar refractivity (Wildman–Crippen MR) is 97.4 cm³/mol. The van der Waals surface area contributed by atoms with E-state index in [4.69, 9.17) is 4.74 Å². The van der Waals surface area contributed by atoms with E-state index in [0.717, 1.165) is 28.3 Å². The molecule has 1 aromatic heterocycles. The number of benzene rings is 1. The Morgan fingerprint density at radius 3 is 2.12 bits per heavy atom. The van der Waals surface area contributed by atoms with E-state index in [2.05, 4.69) is 9.72 Å². The Morgan fingerprint density at radius 1 is 0.960 bits per heavy atom. The minimum absolute atomic E-state index is 0.00917. The number of fused-ring (bicyclic) bond motifs is 1. The van der Waals surface area contributed by atoms with Crippen LogP contribution < -0.4 is 15.7 Å². The van der Waals surface area contributed by atoms with Crippen LogP contribution in [0.15, 0.2) is 15.7 Å². The molecular weight excluding hydrogens is 322 g/mol. The number of ether oxygens (including phenoxy) is 2. The summed E-state index contributed by atoms with van der Waals surface area (Å²) >= 11 is 0. The second-order valence-corrected chi connectivity index (χ2v) is 5.84. The molecule has 0 atom stereocenters. The summed E-state index contributed by atoms with van der Waals surface area (Å²) in [5.74, 6) is -0.774. The molecule has 6 nitrogen and oxygen atoms in total. The van der Waals surface area contributed by atoms with Crippen LogP contribution in [0.3, 0.4) is 0 Å². The SMILES string of the molecule is COC(=O)/C=C/c1c(OC)c(=O)[nH]c2c(C)c(C)c(C)c(C)c2c1=O. The van der Waals surface area contributed by atoms with Crippen molar-refractivity contribution in [3.8, 4) is 5.75 Å². The lowest BCUT2D eigenvalue weighted by molar-refractivity contribution is -0.134. The van der Waals surface area contributed by atoms with Crippen molar-refractivity contribution >= 4 is 22.9 Å². The van der Waals surface area contributed by atoms with Gasteiger partial charge in [-0.15, -0.1) is 0 Å². The van der Waals surface area contributed by atoms with Crippen LogP contribution in [0.25, 0.3) is 17.0 Å². The molecule has 1 N–H and O–H groups in total. The first-order chi connectivity index (χ1) is 11.7. The Balaban J connectivity index is 3.12. The minimum atomic E-state index is -0.631. The summed E-state index contributed by atoms with van der Waals surface area (Å²) in [5, 5.41) is 0.408. The van der Waals surface area contributed by atoms with Crippen LogP contribution in [-0.4, -0.2) is 25.2 Å². The summed E-state index contributed by atoms with van der Waals surface area (Å²) in [4.78, 5) is 39.9. The van der Waals surface area contributed by atoms with Gasteiger partial charge in [0.15, 0.2) is 11.2 Å². The van der Waals surface area contributed by atoms with Gasteiger partial charge in [-0.1, -0.05) is 0 Å². The van der Waals surface area contributed by atoms with Crippen LogP contribution >= 0.6 is 0 Å². The van der Waals surface area contributed by atoms with Crippen LogP contribution in [0, 0.1) is 27.7 Å². The molecule has 0 saturated heterocycles. The molecule has 0 radical (unpaired) electrons. The number of hydrogen-bond donors (Lipinski definition) is 1. The number of aromatic amines is 1. The zero-order valence-corrected chi connectivity index (χ0v) is 15.2. The van der Waals surface area contributed by atoms with E-state index in [-0.39, 0.29) is 16.7 Å². The Labute approximate surface area is 145 Å². The molecule has 0 spiro atoms. The molecule has 25 heavy (non-hydrogen) atoms. The van der Waals surface area contributed by atoms with Crippen molar-refractivity contribution in [3.63, 3.8) is 0 Å². The summed E-state index contributed by atoms with van der Waals surface area (Å²) in [6, 6.07) is 0. The summed E-state index contributed by atoms with van der Waals surface area (Å²) in [5.41, 5.74) is 3.17. The third-order valence-electron chi connectivity index (χ3n) is 4.64. The molecule has 2 rings (SSSR count). The molecule has 0 bridgehead atoms. The van der Waals surface area contributed by atoms with Gasteiger partial charge in [-0.2, -0.15) is 0 Å². The van der Waals surface area contributed by atoms with Gasteiger partial charge in [-0.05, 0) is 56.0 Å². The van der Waals surface area contributed by atoms with Crippen LogP contribution in [-0.2, 0) is 9.53 Å². The minimum Gasteiger partial charge on any atom is -0.491 e. The molecule has 0 fully saturated rings. The predicted octanol–water partition coefficient (Wildman–Crippen LogP) is 2.32. The first-order valence-corrected chi connectivity index (χ1v) is 7.75. The number of aryl methyl sites for hydroxylation is 2. The summed E-state index contributed by atoms with van der Waals surface area (Å²) in [7, 11) is 2.54. The van der Waals surface area contributed by atoms with Crippen molar-refractivity contribution in [3.05, 3.63) is 54.5 Å². The van der Waals surface area contributed by atoms with Gasteiger partial charge in [0, 0.05) is 11.5 Å². The molecule has 1 heterocycles. The normalized spacial score (nSPS) is 11.1. The number of methoxy groups -OCH3 is 2. The second kappa shape index (κ2) is 6.93. The Kier molecular flexibility index (Phi) is 5.11. The van der Waals surface area contributed by atoms with Gasteiger partial charge in [0.1, 0.15) is 0 Å². The van der Waals surface area contributed by atoms with Crippen molar-refractivity contribution in [2.75, 3.05) is 14.2 Å². The molecule has 0 aliphatic rings. The number of H-pyrrole nitrogens is 1. The average Bonchev–Trinajstić information content (AvgIpc) is 2.70. The van der Waals surface area contributed by atoms with Crippen LogP contribution in [0.1, 0.15) is 27.8 Å². The van der Waals surface area contributed by atoms with Crippen molar-refractivity contribution < 1.29 is 14.3 Å². The van der Waals surface area contributed by atoms with E-state index in [0.29, 0.717) is 10.9 Å². The smallest absolute Gasteiger partial charge is 0.330 e. The molecule has 6 heteroatoms. The molecule has 0 aliphatic carbocycles. The van der Waals surface area contributed by atoms with Gasteiger partial charge in [-0.3, -0.25) is 9.59 Å². The second-order valence-electron chi connectivity index (χ2n) is 5.84. The van der Waals surface area contributed by atoms with Gasteiger partial charge in [0.2, 0.25) is 0 Å². The molecule has 132 valence electrons. The molecule has 0 saturated carbocycles. The van der Waals surface area contributed by atoms with Crippen LogP contribution in [0.4, 0.5) is 0 Å². The highest BCUT2D eigenvalue weighted by Crippen LogP contribution is 2.26. The molecule has 0 aliphatic heterocycles. The van der Waals surface area contributed by atoms with Gasteiger partial charge in [-0.25, -0.2) is 4.79 Å². The molecule has 2 aromatic rings. The maximum atomic E-state index is 13.2. The Hall–Kier alpha value is -2.89. The highest BCUT2D eigenvalue weighted by molar-refractivity contribution is 5.91. The standard InChI is InChI=1S/C19H21NO5/c1-9-10(2)12(4)16-15(11(9)3)17(22)13(7-8-14(21)24-5)18(25-6)19(23)20-16/h7-8H,1-6H3,(H,20,23)/b8-7+. The fourth-order valence-corrected chi connectivity index (χ4v) is 2.86. The molecule has 0 unspecified atom stereocenters. The third-order valence-corrected chi connectivity index (χ3v) is 4.64. The van der Waals surface area contributed by atoms with Crippen molar-refractivity contribution in [2.24, 2.45) is 0 Å². The van der Waals surface area contributed by atoms with Crippen LogP contribution in [0.2, 0.25) is 0 Å². The van der Waals surface area contributed by atoms with Gasteiger partial charge < -0.3 is 14.5 Å². The number of rotatable bonds is 3. The first-order valence-electron chi connectivity index (χ1n) is 7.75. The number of nitrogens with one attached hydrogen (secondary N) is 1. The quantitative estimate of drug-likeness (QED) is 0.683. The van der Waals surface area contributed by atoms with E-state index < -0.39 is 11.5 Å². The van der Waals surface area contributed by atoms with Gasteiger partial charge in [0.05, 0.1) is 25.3 Å². The van der Waals surface area contributed by atoms with E-state index in [1.165, 1.54) is 20.3 Å². The lowest BCUT2D eigenvalue weighted by atomic mass is 9.94. The van der Waals surface area contributed by atoms with Crippen molar-refractivity contribution in [1.29, 1.82) is 0 Å². The average molecular weight is 343 g/mol. The largest absolute Gasteiger partial charge is 0.491 e. The van der Waals surface area contributed by atoms with Crippen molar-refractivity contribution in [1.82, 2.24) is 4.98 Å². The molecule has 0 amide bonds. The van der Waals surface area contributed by atoms with E-state index in [1.807, 2.05) is 27.7 Å². The maximum absolute atomic E-state index is 13.2. The lowest BCUT2D eigenvalue weighted by Crippen LogP contribution is -2.11. The number of carbonyl (C=O) groups is 1. The fraction of sp³-hybridized carbons (Fsp3) is 0.316. The molecule has 1 aromatic carbocycles. The number of carbonyl (C=O) groups excluding carboxylic acids is 1. The van der Waals surface area contributed by atoms with E-state index in [1.54, 1.807) is 0 Å². The van der Waals surface area contributed by atoms with Crippen LogP contribution in [0.5, 0.6) is 5.75 Å². The number of aromatic nitrogens is 1. The van der Waals surface area contributed by atoms with Gasteiger partial charge in [0.25, 0.3) is 5.56 Å². The summed E-state index contributed by atoms with van der Waals surface area (Å²) < 4.78 is 9.70. The number of hydrogen-bond acceptors (Lipinski definition) is 5. The monoisotopic (exact) mass is 343 g/mol. The fourth-order valence-electron chi connectivity index (χ4n) is 2.86. The summed E-state index contributed by atoms with van der Waals surface area (Å²) in [6.45, 7) is 7.57. The lowest BCUT2D eigenvalue weighted by Gasteiger charge is -2.11. The van der Waals surface area contributed by atoms with E-state index in [9.17, 15) is 14.4 Å². The van der Waals surface area contributed by atoms with E-state index >= 15 is 0 Å². The number of esters is 1. The topological polar surface area (TPSA) is 85.5 Å². The Morgan fingerprint density at radius 2 is 1.56 bits per heavy atom. The first kappa shape index (κ1) is 18.4. The summed E-state index contributed by atoms with van der Waals surface area (Å²) in [6.07, 6.45) is 2.35. The molecular formula is C19H21NO5. The highest BCUT2D eigenvalue weighted by Gasteiger charge is 2.17. The Bertz CT molecular complexity index is 1020.